The number of hydrogen-bond donors (Lipinski definition) is 0. The van der Waals surface area contributed by atoms with E-state index in [1.165, 1.54) is 32.1 Å². The molecule has 0 amide bonds. The fourth-order valence-electron chi connectivity index (χ4n) is 7.24. The Morgan fingerprint density at radius 1 is 1.00 bits per heavy atom. The monoisotopic (exact) mass is 314 g/mol. The predicted molar refractivity (Wildman–Crippen MR) is 95.0 cm³/mol. The van der Waals surface area contributed by atoms with Gasteiger partial charge in [-0.1, -0.05) is 46.3 Å². The molecule has 0 bridgehead atoms. The highest BCUT2D eigenvalue weighted by Gasteiger charge is 2.62. The maximum absolute atomic E-state index is 13.0. The molecule has 0 heterocycles. The summed E-state index contributed by atoms with van der Waals surface area (Å²) in [6.45, 7) is 11.7. The van der Waals surface area contributed by atoms with Crippen molar-refractivity contribution in [3.63, 3.8) is 0 Å². The molecule has 3 saturated carbocycles. The number of allylic oxidation sites excluding steroid dienone is 2. The molecule has 1 nitrogen and oxygen atoms in total. The van der Waals surface area contributed by atoms with Crippen LogP contribution in [0.3, 0.4) is 0 Å². The molecule has 4 aliphatic carbocycles. The topological polar surface area (TPSA) is 17.1 Å². The molecule has 1 heteroatoms. The predicted octanol–water partition coefficient (Wildman–Crippen LogP) is 5.79. The molecular formula is C22H34O. The third kappa shape index (κ3) is 2.01. The van der Waals surface area contributed by atoms with Crippen LogP contribution in [0, 0.1) is 39.9 Å². The molecule has 4 rings (SSSR count). The molecule has 1 unspecified atom stereocenters. The Morgan fingerprint density at radius 3 is 2.43 bits per heavy atom. The van der Waals surface area contributed by atoms with Crippen LogP contribution in [0.15, 0.2) is 11.6 Å². The summed E-state index contributed by atoms with van der Waals surface area (Å²) < 4.78 is 0. The number of carbonyl (C=O) groups is 1. The highest BCUT2D eigenvalue weighted by atomic mass is 16.1. The summed E-state index contributed by atoms with van der Waals surface area (Å²) in [7, 11) is 0. The number of Topliss-reactive ketones (excluding diaryl/α,β-unsaturated/α-hetero) is 1. The van der Waals surface area contributed by atoms with Crippen molar-refractivity contribution in [2.75, 3.05) is 0 Å². The molecule has 128 valence electrons. The van der Waals surface area contributed by atoms with E-state index in [4.69, 9.17) is 0 Å². The normalized spacial score (nSPS) is 51.5. The van der Waals surface area contributed by atoms with Crippen molar-refractivity contribution in [2.24, 2.45) is 39.9 Å². The molecular weight excluding hydrogens is 280 g/mol. The van der Waals surface area contributed by atoms with Gasteiger partial charge in [0.1, 0.15) is 5.78 Å². The van der Waals surface area contributed by atoms with Crippen LogP contribution in [0.5, 0.6) is 0 Å². The molecule has 6 atom stereocenters. The second-order valence-electron chi connectivity index (χ2n) is 10.5. The summed E-state index contributed by atoms with van der Waals surface area (Å²) in [6.07, 6.45) is 11.5. The second kappa shape index (κ2) is 4.73. The summed E-state index contributed by atoms with van der Waals surface area (Å²) in [4.78, 5) is 13.0. The Morgan fingerprint density at radius 2 is 1.70 bits per heavy atom. The van der Waals surface area contributed by atoms with Crippen molar-refractivity contribution in [2.45, 2.75) is 79.6 Å². The summed E-state index contributed by atoms with van der Waals surface area (Å²) in [5.74, 6) is 3.63. The maximum Gasteiger partial charge on any atom is 0.144 e. The van der Waals surface area contributed by atoms with Crippen LogP contribution in [0.4, 0.5) is 0 Å². The average molecular weight is 315 g/mol. The van der Waals surface area contributed by atoms with Gasteiger partial charge in [0, 0.05) is 10.8 Å². The van der Waals surface area contributed by atoms with Crippen LogP contribution in [0.25, 0.3) is 0 Å². The van der Waals surface area contributed by atoms with Crippen LogP contribution in [0.2, 0.25) is 0 Å². The first-order valence-corrected chi connectivity index (χ1v) is 9.93. The van der Waals surface area contributed by atoms with Gasteiger partial charge in [-0.25, -0.2) is 0 Å². The zero-order chi connectivity index (χ0) is 16.6. The van der Waals surface area contributed by atoms with Gasteiger partial charge in [-0.3, -0.25) is 4.79 Å². The SMILES string of the molecule is CC1CC[C@@]2(C)C(=CC[C@@H]3[C@@H]2CC[C@]2(C)C(=O)C(C)(C)C[C@@H]32)C1. The summed E-state index contributed by atoms with van der Waals surface area (Å²) in [5, 5.41) is 0. The minimum atomic E-state index is -0.0969. The van der Waals surface area contributed by atoms with E-state index in [0.717, 1.165) is 30.6 Å². The van der Waals surface area contributed by atoms with Gasteiger partial charge >= 0.3 is 0 Å². The van der Waals surface area contributed by atoms with Crippen molar-refractivity contribution in [3.8, 4) is 0 Å². The van der Waals surface area contributed by atoms with Gasteiger partial charge in [-0.2, -0.15) is 0 Å². The summed E-state index contributed by atoms with van der Waals surface area (Å²) in [5.41, 5.74) is 2.07. The van der Waals surface area contributed by atoms with E-state index in [1.807, 2.05) is 0 Å². The Hall–Kier alpha value is -0.590. The Labute approximate surface area is 142 Å². The molecule has 0 aromatic carbocycles. The van der Waals surface area contributed by atoms with E-state index >= 15 is 0 Å². The Bertz CT molecular complexity index is 571. The van der Waals surface area contributed by atoms with Crippen LogP contribution in [0.1, 0.15) is 79.6 Å². The van der Waals surface area contributed by atoms with Gasteiger partial charge in [0.05, 0.1) is 0 Å². The largest absolute Gasteiger partial charge is 0.298 e. The van der Waals surface area contributed by atoms with Crippen molar-refractivity contribution in [3.05, 3.63) is 11.6 Å². The summed E-state index contributed by atoms with van der Waals surface area (Å²) in [6, 6.07) is 0. The van der Waals surface area contributed by atoms with Crippen molar-refractivity contribution in [1.29, 1.82) is 0 Å². The number of carbonyl (C=O) groups excluding carboxylic acids is 1. The molecule has 4 aliphatic rings. The molecule has 0 aliphatic heterocycles. The van der Waals surface area contributed by atoms with Gasteiger partial charge in [-0.05, 0) is 74.0 Å². The third-order valence-electron chi connectivity index (χ3n) is 8.60. The number of rotatable bonds is 0. The number of ketones is 1. The lowest BCUT2D eigenvalue weighted by atomic mass is 9.47. The molecule has 0 saturated heterocycles. The van der Waals surface area contributed by atoms with E-state index in [0.29, 0.717) is 17.1 Å². The van der Waals surface area contributed by atoms with Crippen LogP contribution in [-0.2, 0) is 4.79 Å². The highest BCUT2D eigenvalue weighted by Crippen LogP contribution is 2.66. The van der Waals surface area contributed by atoms with Gasteiger partial charge < -0.3 is 0 Å². The lowest BCUT2D eigenvalue weighted by molar-refractivity contribution is -0.136. The smallest absolute Gasteiger partial charge is 0.144 e. The third-order valence-corrected chi connectivity index (χ3v) is 8.60. The van der Waals surface area contributed by atoms with Crippen LogP contribution < -0.4 is 0 Å². The van der Waals surface area contributed by atoms with Gasteiger partial charge in [0.25, 0.3) is 0 Å². The zero-order valence-electron chi connectivity index (χ0n) is 15.7. The maximum atomic E-state index is 13.0. The quantitative estimate of drug-likeness (QED) is 0.517. The molecule has 3 fully saturated rings. The van der Waals surface area contributed by atoms with Gasteiger partial charge in [-0.15, -0.1) is 0 Å². The minimum absolute atomic E-state index is 0.0334. The Kier molecular flexibility index (Phi) is 3.27. The fraction of sp³-hybridized carbons (Fsp3) is 0.864. The van der Waals surface area contributed by atoms with Crippen LogP contribution >= 0.6 is 0 Å². The molecule has 0 spiro atoms. The molecule has 0 N–H and O–H groups in total. The first kappa shape index (κ1) is 15.9. The lowest BCUT2D eigenvalue weighted by Crippen LogP contribution is -2.50. The highest BCUT2D eigenvalue weighted by molar-refractivity contribution is 5.92. The first-order valence-electron chi connectivity index (χ1n) is 9.93. The number of fused-ring (bicyclic) bond motifs is 5. The van der Waals surface area contributed by atoms with Gasteiger partial charge in [0.2, 0.25) is 0 Å². The van der Waals surface area contributed by atoms with E-state index in [-0.39, 0.29) is 10.8 Å². The van der Waals surface area contributed by atoms with E-state index < -0.39 is 0 Å². The standard InChI is InChI=1S/C22H34O/c1-14-8-10-21(4)15(12-14)6-7-16-17(21)9-11-22(5)18(16)13-20(2,3)19(22)23/h6,14,16-18H,7-13H2,1-5H3/t14?,16-,17+,18+,21+,22+/m1/s1. The first-order chi connectivity index (χ1) is 10.7. The zero-order valence-corrected chi connectivity index (χ0v) is 15.7. The van der Waals surface area contributed by atoms with Crippen molar-refractivity contribution < 1.29 is 4.79 Å². The minimum Gasteiger partial charge on any atom is -0.298 e. The van der Waals surface area contributed by atoms with E-state index in [2.05, 4.69) is 40.7 Å². The van der Waals surface area contributed by atoms with Gasteiger partial charge in [0.15, 0.2) is 0 Å². The van der Waals surface area contributed by atoms with Crippen molar-refractivity contribution in [1.82, 2.24) is 0 Å². The molecule has 0 radical (unpaired) electrons. The average Bonchev–Trinajstić information content (AvgIpc) is 2.68. The second-order valence-corrected chi connectivity index (χ2v) is 10.5. The number of hydrogen-bond acceptors (Lipinski definition) is 1. The van der Waals surface area contributed by atoms with Crippen LogP contribution in [-0.4, -0.2) is 5.78 Å². The molecule has 23 heavy (non-hydrogen) atoms. The van der Waals surface area contributed by atoms with Crippen molar-refractivity contribution >= 4 is 5.78 Å². The molecule has 0 aromatic rings. The fourth-order valence-corrected chi connectivity index (χ4v) is 7.24. The van der Waals surface area contributed by atoms with E-state index in [9.17, 15) is 4.79 Å². The molecule has 0 aromatic heterocycles. The summed E-state index contributed by atoms with van der Waals surface area (Å²) >= 11 is 0. The Balaban J connectivity index is 1.71. The lowest BCUT2D eigenvalue weighted by Gasteiger charge is -2.57. The van der Waals surface area contributed by atoms with E-state index in [1.54, 1.807) is 5.57 Å².